The predicted octanol–water partition coefficient (Wildman–Crippen LogP) is 1.58. The molecule has 1 fully saturated rings. The van der Waals surface area contributed by atoms with Crippen molar-refractivity contribution >= 4 is 11.5 Å². The van der Waals surface area contributed by atoms with Crippen molar-refractivity contribution in [1.29, 1.82) is 0 Å². The average Bonchev–Trinajstić information content (AvgIpc) is 2.88. The molecule has 0 radical (unpaired) electrons. The molecule has 0 aromatic heterocycles. The van der Waals surface area contributed by atoms with Crippen LogP contribution in [0.5, 0.6) is 0 Å². The van der Waals surface area contributed by atoms with E-state index in [0.717, 1.165) is 31.2 Å². The monoisotopic (exact) mass is 297 g/mol. The van der Waals surface area contributed by atoms with E-state index in [1.54, 1.807) is 0 Å². The van der Waals surface area contributed by atoms with Crippen LogP contribution in [0.4, 0.5) is 0 Å². The first-order chi connectivity index (χ1) is 10.7. The van der Waals surface area contributed by atoms with E-state index < -0.39 is 0 Å². The summed E-state index contributed by atoms with van der Waals surface area (Å²) in [4.78, 5) is 7.05. The topological polar surface area (TPSA) is 66.0 Å². The first kappa shape index (κ1) is 14.9. The van der Waals surface area contributed by atoms with Crippen LogP contribution in [0.15, 0.2) is 52.7 Å². The Labute approximate surface area is 131 Å². The summed E-state index contributed by atoms with van der Waals surface area (Å²) in [5.41, 5.74) is 11.5. The number of amidine groups is 1. The lowest BCUT2D eigenvalue weighted by Gasteiger charge is -2.21. The fraction of sp³-hybridized carbons (Fsp3) is 0.412. The molecule has 5 nitrogen and oxygen atoms in total. The number of nitrogens with two attached hydrogens (primary N) is 1. The van der Waals surface area contributed by atoms with Gasteiger partial charge in [0.05, 0.1) is 11.4 Å². The van der Waals surface area contributed by atoms with Gasteiger partial charge in [-0.25, -0.2) is 4.99 Å². The fourth-order valence-corrected chi connectivity index (χ4v) is 3.15. The zero-order valence-corrected chi connectivity index (χ0v) is 13.0. The number of likely N-dealkylation sites (tertiary alicyclic amines) is 1. The summed E-state index contributed by atoms with van der Waals surface area (Å²) in [6.07, 6.45) is 0. The second-order valence-corrected chi connectivity index (χ2v) is 6.08. The van der Waals surface area contributed by atoms with Crippen molar-refractivity contribution in [3.63, 3.8) is 0 Å². The highest BCUT2D eigenvalue weighted by atomic mass is 15.4. The Morgan fingerprint density at radius 1 is 1.32 bits per heavy atom. The maximum Gasteiger partial charge on any atom is 0.127 e. The third-order valence-electron chi connectivity index (χ3n) is 4.38. The predicted molar refractivity (Wildman–Crippen MR) is 90.6 cm³/mol. The van der Waals surface area contributed by atoms with E-state index >= 15 is 0 Å². The van der Waals surface area contributed by atoms with E-state index in [4.69, 9.17) is 5.73 Å². The van der Waals surface area contributed by atoms with Gasteiger partial charge in [0.1, 0.15) is 5.84 Å². The van der Waals surface area contributed by atoms with E-state index in [1.807, 2.05) is 0 Å². The summed E-state index contributed by atoms with van der Waals surface area (Å²) in [7, 11) is 0. The fourth-order valence-electron chi connectivity index (χ4n) is 3.15. The van der Waals surface area contributed by atoms with Gasteiger partial charge in [0.25, 0.3) is 0 Å². The van der Waals surface area contributed by atoms with Crippen molar-refractivity contribution < 1.29 is 0 Å². The highest BCUT2D eigenvalue weighted by molar-refractivity contribution is 6.06. The summed E-state index contributed by atoms with van der Waals surface area (Å²) in [6, 6.07) is 10.6. The van der Waals surface area contributed by atoms with Gasteiger partial charge in [-0.2, -0.15) is 5.10 Å². The van der Waals surface area contributed by atoms with E-state index in [0.29, 0.717) is 24.1 Å². The SMILES string of the molecule is C=C1N=C(C2CN(Cc3ccccc3)CC2C)NN=C1CN. The summed E-state index contributed by atoms with van der Waals surface area (Å²) in [5, 5.41) is 4.29. The van der Waals surface area contributed by atoms with E-state index in [9.17, 15) is 0 Å². The zero-order chi connectivity index (χ0) is 15.5. The van der Waals surface area contributed by atoms with Crippen LogP contribution in [0.3, 0.4) is 0 Å². The molecule has 22 heavy (non-hydrogen) atoms. The molecule has 2 heterocycles. The minimum Gasteiger partial charge on any atom is -0.325 e. The molecule has 116 valence electrons. The van der Waals surface area contributed by atoms with E-state index in [1.165, 1.54) is 5.56 Å². The molecule has 0 bridgehead atoms. The molecule has 0 amide bonds. The van der Waals surface area contributed by atoms with Gasteiger partial charge < -0.3 is 5.73 Å². The van der Waals surface area contributed by atoms with Crippen LogP contribution >= 0.6 is 0 Å². The number of nitrogens with one attached hydrogen (secondary N) is 1. The quantitative estimate of drug-likeness (QED) is 0.887. The van der Waals surface area contributed by atoms with Gasteiger partial charge in [0.2, 0.25) is 0 Å². The Morgan fingerprint density at radius 2 is 2.09 bits per heavy atom. The maximum absolute atomic E-state index is 5.62. The molecule has 3 rings (SSSR count). The number of hydrazone groups is 1. The molecule has 0 saturated carbocycles. The first-order valence-corrected chi connectivity index (χ1v) is 7.74. The summed E-state index contributed by atoms with van der Waals surface area (Å²) in [6.45, 7) is 9.62. The molecule has 2 unspecified atom stereocenters. The number of hydrogen-bond donors (Lipinski definition) is 2. The largest absolute Gasteiger partial charge is 0.325 e. The van der Waals surface area contributed by atoms with Crippen molar-refractivity contribution in [3.8, 4) is 0 Å². The van der Waals surface area contributed by atoms with Crippen LogP contribution in [0.2, 0.25) is 0 Å². The van der Waals surface area contributed by atoms with E-state index in [-0.39, 0.29) is 0 Å². The van der Waals surface area contributed by atoms with E-state index in [2.05, 4.69) is 64.3 Å². The molecular weight excluding hydrogens is 274 g/mol. The summed E-state index contributed by atoms with van der Waals surface area (Å²) in [5.74, 6) is 1.83. The minimum atomic E-state index is 0.364. The number of rotatable bonds is 4. The highest BCUT2D eigenvalue weighted by Crippen LogP contribution is 2.26. The lowest BCUT2D eigenvalue weighted by molar-refractivity contribution is 0.318. The van der Waals surface area contributed by atoms with Gasteiger partial charge in [0, 0.05) is 32.1 Å². The van der Waals surface area contributed by atoms with Crippen molar-refractivity contribution in [2.75, 3.05) is 19.6 Å². The van der Waals surface area contributed by atoms with Crippen molar-refractivity contribution in [1.82, 2.24) is 10.3 Å². The van der Waals surface area contributed by atoms with Crippen LogP contribution in [-0.4, -0.2) is 36.1 Å². The average molecular weight is 297 g/mol. The Balaban J connectivity index is 1.66. The van der Waals surface area contributed by atoms with Crippen LogP contribution in [0.1, 0.15) is 12.5 Å². The Hall–Kier alpha value is -1.98. The van der Waals surface area contributed by atoms with Crippen molar-refractivity contribution in [2.24, 2.45) is 27.7 Å². The van der Waals surface area contributed by atoms with Gasteiger partial charge in [0.15, 0.2) is 0 Å². The van der Waals surface area contributed by atoms with Gasteiger partial charge >= 0.3 is 0 Å². The summed E-state index contributed by atoms with van der Waals surface area (Å²) < 4.78 is 0. The maximum atomic E-state index is 5.62. The number of benzene rings is 1. The standard InChI is InChI=1S/C17H23N5/c1-12-9-22(10-14-6-4-3-5-7-14)11-15(12)17-19-13(2)16(8-18)20-21-17/h3-7,12,15H,2,8-11,18H2,1H3,(H,19,21). The lowest BCUT2D eigenvalue weighted by atomic mass is 9.97. The molecule has 0 spiro atoms. The molecule has 2 aliphatic heterocycles. The Bertz CT molecular complexity index is 605. The van der Waals surface area contributed by atoms with Crippen LogP contribution in [0.25, 0.3) is 0 Å². The molecule has 1 aromatic carbocycles. The van der Waals surface area contributed by atoms with Crippen molar-refractivity contribution in [2.45, 2.75) is 13.5 Å². The third kappa shape index (κ3) is 3.10. The van der Waals surface area contributed by atoms with Crippen molar-refractivity contribution in [3.05, 3.63) is 48.2 Å². The second kappa shape index (κ2) is 6.42. The number of hydrogen-bond acceptors (Lipinski definition) is 5. The molecule has 5 heteroatoms. The highest BCUT2D eigenvalue weighted by Gasteiger charge is 2.34. The lowest BCUT2D eigenvalue weighted by Crippen LogP contribution is -2.37. The molecular formula is C17H23N5. The molecule has 3 N–H and O–H groups in total. The molecule has 0 aliphatic carbocycles. The van der Waals surface area contributed by atoms with Gasteiger partial charge in [-0.05, 0) is 11.5 Å². The first-order valence-electron chi connectivity index (χ1n) is 7.74. The van der Waals surface area contributed by atoms with Gasteiger partial charge in [-0.15, -0.1) is 0 Å². The van der Waals surface area contributed by atoms with Crippen LogP contribution < -0.4 is 11.2 Å². The van der Waals surface area contributed by atoms with Crippen LogP contribution in [-0.2, 0) is 6.54 Å². The Morgan fingerprint density at radius 3 is 2.77 bits per heavy atom. The molecule has 1 aromatic rings. The smallest absolute Gasteiger partial charge is 0.127 e. The summed E-state index contributed by atoms with van der Waals surface area (Å²) >= 11 is 0. The minimum absolute atomic E-state index is 0.364. The molecule has 1 saturated heterocycles. The van der Waals surface area contributed by atoms with Crippen LogP contribution in [0, 0.1) is 11.8 Å². The number of aliphatic imine (C=N–C) groups is 1. The van der Waals surface area contributed by atoms with Gasteiger partial charge in [-0.1, -0.05) is 43.8 Å². The third-order valence-corrected chi connectivity index (χ3v) is 4.38. The molecule has 2 aliphatic rings. The number of nitrogens with zero attached hydrogens (tertiary/aromatic N) is 3. The second-order valence-electron chi connectivity index (χ2n) is 6.08. The zero-order valence-electron chi connectivity index (χ0n) is 13.0. The normalized spacial score (nSPS) is 25.6. The Kier molecular flexibility index (Phi) is 4.36. The van der Waals surface area contributed by atoms with Gasteiger partial charge in [-0.3, -0.25) is 10.3 Å². The molecule has 2 atom stereocenters.